The van der Waals surface area contributed by atoms with Crippen LogP contribution in [0.2, 0.25) is 0 Å². The summed E-state index contributed by atoms with van der Waals surface area (Å²) in [7, 11) is 0. The van der Waals surface area contributed by atoms with E-state index in [4.69, 9.17) is 4.74 Å². The van der Waals surface area contributed by atoms with E-state index in [9.17, 15) is 24.0 Å². The van der Waals surface area contributed by atoms with Crippen molar-refractivity contribution >= 4 is 41.0 Å². The van der Waals surface area contributed by atoms with E-state index in [1.807, 2.05) is 0 Å². The van der Waals surface area contributed by atoms with Crippen LogP contribution in [0.4, 0.5) is 11.4 Å². The van der Waals surface area contributed by atoms with Gasteiger partial charge in [0.25, 0.3) is 5.91 Å². The number of nitrogens with one attached hydrogen (secondary N) is 2. The van der Waals surface area contributed by atoms with Gasteiger partial charge in [-0.15, -0.1) is 0 Å². The summed E-state index contributed by atoms with van der Waals surface area (Å²) >= 11 is 0. The van der Waals surface area contributed by atoms with Gasteiger partial charge in [0.2, 0.25) is 17.7 Å². The number of hydrogen-bond acceptors (Lipinski definition) is 6. The molecule has 1 saturated heterocycles. The molecular weight excluding hydrogens is 390 g/mol. The van der Waals surface area contributed by atoms with Gasteiger partial charge in [-0.05, 0) is 44.0 Å². The third-order valence-corrected chi connectivity index (χ3v) is 5.37. The molecule has 160 valence electrons. The van der Waals surface area contributed by atoms with Crippen molar-refractivity contribution in [1.82, 2.24) is 4.90 Å². The predicted octanol–water partition coefficient (Wildman–Crippen LogP) is 1.69. The van der Waals surface area contributed by atoms with Crippen molar-refractivity contribution in [3.8, 4) is 0 Å². The molecule has 1 aliphatic carbocycles. The molecule has 0 bridgehead atoms. The quantitative estimate of drug-likeness (QED) is 0.539. The lowest BCUT2D eigenvalue weighted by atomic mass is 9.81. The smallest absolute Gasteiger partial charge is 0.326 e. The van der Waals surface area contributed by atoms with E-state index in [0.29, 0.717) is 24.2 Å². The Bertz CT molecular complexity index is 842. The van der Waals surface area contributed by atoms with Crippen LogP contribution < -0.4 is 10.6 Å². The molecule has 2 N–H and O–H groups in total. The van der Waals surface area contributed by atoms with Crippen LogP contribution in [-0.2, 0) is 28.7 Å². The fourth-order valence-electron chi connectivity index (χ4n) is 3.89. The maximum absolute atomic E-state index is 12.4. The standard InChI is InChI=1S/C21H25N3O6/c1-12(19(27)23-15-9-7-14(8-10-15)22-13(2)25)30-18(26)11-24-20(28)16-5-3-4-6-17(16)21(24)29/h7-10,12,16-17H,3-6,11H2,1-2H3,(H,22,25)(H,23,27)/t12-,16-,17-/m0/s1. The fourth-order valence-corrected chi connectivity index (χ4v) is 3.89. The van der Waals surface area contributed by atoms with Gasteiger partial charge in [-0.25, -0.2) is 0 Å². The summed E-state index contributed by atoms with van der Waals surface area (Å²) in [5.41, 5.74) is 1.05. The average Bonchev–Trinajstić information content (AvgIpc) is 2.94. The fraction of sp³-hybridized carbons (Fsp3) is 0.476. The van der Waals surface area contributed by atoms with Gasteiger partial charge < -0.3 is 15.4 Å². The number of ether oxygens (including phenoxy) is 1. The highest BCUT2D eigenvalue weighted by atomic mass is 16.5. The highest BCUT2D eigenvalue weighted by Crippen LogP contribution is 2.37. The van der Waals surface area contributed by atoms with Crippen molar-refractivity contribution in [2.45, 2.75) is 45.6 Å². The van der Waals surface area contributed by atoms with E-state index in [1.54, 1.807) is 24.3 Å². The predicted molar refractivity (Wildman–Crippen MR) is 107 cm³/mol. The van der Waals surface area contributed by atoms with E-state index in [1.165, 1.54) is 13.8 Å². The largest absolute Gasteiger partial charge is 0.451 e. The number of carbonyl (C=O) groups excluding carboxylic acids is 5. The molecule has 0 spiro atoms. The van der Waals surface area contributed by atoms with Gasteiger partial charge >= 0.3 is 5.97 Å². The Labute approximate surface area is 174 Å². The molecule has 0 aromatic heterocycles. The number of likely N-dealkylation sites (tertiary alicyclic amines) is 1. The van der Waals surface area contributed by atoms with Crippen LogP contribution in [0.15, 0.2) is 24.3 Å². The van der Waals surface area contributed by atoms with Crippen molar-refractivity contribution in [3.05, 3.63) is 24.3 Å². The number of hydrogen-bond donors (Lipinski definition) is 2. The zero-order valence-corrected chi connectivity index (χ0v) is 17.0. The molecule has 9 nitrogen and oxygen atoms in total. The summed E-state index contributed by atoms with van der Waals surface area (Å²) in [5.74, 6) is -2.87. The highest BCUT2D eigenvalue weighted by Gasteiger charge is 2.48. The Morgan fingerprint density at radius 1 is 1.00 bits per heavy atom. The Morgan fingerprint density at radius 3 is 2.00 bits per heavy atom. The monoisotopic (exact) mass is 415 g/mol. The second-order valence-electron chi connectivity index (χ2n) is 7.64. The summed E-state index contributed by atoms with van der Waals surface area (Å²) in [6.45, 7) is 2.32. The molecule has 1 heterocycles. The second kappa shape index (κ2) is 9.06. The Kier molecular flexibility index (Phi) is 6.49. The van der Waals surface area contributed by atoms with Crippen LogP contribution in [-0.4, -0.2) is 47.1 Å². The molecule has 4 amide bonds. The second-order valence-corrected chi connectivity index (χ2v) is 7.64. The van der Waals surface area contributed by atoms with Gasteiger partial charge in [-0.2, -0.15) is 0 Å². The van der Waals surface area contributed by atoms with Crippen molar-refractivity contribution in [2.24, 2.45) is 11.8 Å². The third kappa shape index (κ3) is 4.84. The molecule has 0 radical (unpaired) electrons. The summed E-state index contributed by atoms with van der Waals surface area (Å²) < 4.78 is 5.12. The van der Waals surface area contributed by atoms with Crippen molar-refractivity contribution in [3.63, 3.8) is 0 Å². The van der Waals surface area contributed by atoms with Gasteiger partial charge in [-0.1, -0.05) is 12.8 Å². The molecule has 1 aliphatic heterocycles. The molecule has 2 fully saturated rings. The van der Waals surface area contributed by atoms with Crippen molar-refractivity contribution in [1.29, 1.82) is 0 Å². The zero-order valence-electron chi connectivity index (χ0n) is 17.0. The number of rotatable bonds is 6. The number of carbonyl (C=O) groups is 5. The first-order valence-corrected chi connectivity index (χ1v) is 9.99. The highest BCUT2D eigenvalue weighted by molar-refractivity contribution is 6.07. The number of anilines is 2. The van der Waals surface area contributed by atoms with Crippen LogP contribution in [0.1, 0.15) is 39.5 Å². The van der Waals surface area contributed by atoms with Crippen LogP contribution in [0.5, 0.6) is 0 Å². The minimum absolute atomic E-state index is 0.207. The summed E-state index contributed by atoms with van der Waals surface area (Å²) in [4.78, 5) is 61.4. The number of amides is 4. The maximum Gasteiger partial charge on any atom is 0.326 e. The lowest BCUT2D eigenvalue weighted by Crippen LogP contribution is -2.39. The molecule has 1 aromatic carbocycles. The van der Waals surface area contributed by atoms with Gasteiger partial charge in [0.1, 0.15) is 6.54 Å². The van der Waals surface area contributed by atoms with Crippen LogP contribution >= 0.6 is 0 Å². The van der Waals surface area contributed by atoms with E-state index >= 15 is 0 Å². The maximum atomic E-state index is 12.4. The first-order valence-electron chi connectivity index (χ1n) is 9.99. The molecular formula is C21H25N3O6. The first kappa shape index (κ1) is 21.5. The Hall–Kier alpha value is -3.23. The van der Waals surface area contributed by atoms with Crippen LogP contribution in [0, 0.1) is 11.8 Å². The molecule has 1 saturated carbocycles. The lowest BCUT2D eigenvalue weighted by Gasteiger charge is -2.19. The molecule has 30 heavy (non-hydrogen) atoms. The zero-order chi connectivity index (χ0) is 21.8. The SMILES string of the molecule is CC(=O)Nc1ccc(NC(=O)[C@H](C)OC(=O)CN2C(=O)[C@H]3CCCC[C@@H]3C2=O)cc1. The number of nitrogens with zero attached hydrogens (tertiary/aromatic N) is 1. The van der Waals surface area contributed by atoms with Gasteiger partial charge in [0.05, 0.1) is 11.8 Å². The number of benzene rings is 1. The van der Waals surface area contributed by atoms with Crippen LogP contribution in [0.25, 0.3) is 0 Å². The van der Waals surface area contributed by atoms with E-state index in [2.05, 4.69) is 10.6 Å². The summed E-state index contributed by atoms with van der Waals surface area (Å²) in [5, 5.41) is 5.22. The topological polar surface area (TPSA) is 122 Å². The Morgan fingerprint density at radius 2 is 1.50 bits per heavy atom. The van der Waals surface area contributed by atoms with E-state index in [-0.39, 0.29) is 29.6 Å². The average molecular weight is 415 g/mol. The van der Waals surface area contributed by atoms with E-state index < -0.39 is 24.5 Å². The first-order chi connectivity index (χ1) is 14.3. The molecule has 1 aromatic rings. The number of fused-ring (bicyclic) bond motifs is 1. The van der Waals surface area contributed by atoms with Crippen LogP contribution in [0.3, 0.4) is 0 Å². The minimum atomic E-state index is -1.11. The molecule has 9 heteroatoms. The van der Waals surface area contributed by atoms with E-state index in [0.717, 1.165) is 17.7 Å². The van der Waals surface area contributed by atoms with Gasteiger partial charge in [0.15, 0.2) is 6.10 Å². The van der Waals surface area contributed by atoms with Gasteiger partial charge in [0, 0.05) is 18.3 Å². The van der Waals surface area contributed by atoms with Crippen molar-refractivity contribution < 1.29 is 28.7 Å². The Balaban J connectivity index is 1.51. The molecule has 3 atom stereocenters. The summed E-state index contributed by atoms with van der Waals surface area (Å²) in [6.07, 6.45) is 2.03. The van der Waals surface area contributed by atoms with Gasteiger partial charge in [-0.3, -0.25) is 28.9 Å². The summed E-state index contributed by atoms with van der Waals surface area (Å²) in [6, 6.07) is 6.44. The third-order valence-electron chi connectivity index (χ3n) is 5.37. The minimum Gasteiger partial charge on any atom is -0.451 e. The number of imide groups is 1. The van der Waals surface area contributed by atoms with Crippen molar-refractivity contribution in [2.75, 3.05) is 17.2 Å². The molecule has 3 rings (SSSR count). The lowest BCUT2D eigenvalue weighted by molar-refractivity contribution is -0.158. The number of esters is 1. The molecule has 2 aliphatic rings. The molecule has 0 unspecified atom stereocenters. The normalized spacial score (nSPS) is 21.6.